The molecule has 0 radical (unpaired) electrons. The molecule has 1 amide bonds. The number of carbonyl (C=O) groups is 1. The van der Waals surface area contributed by atoms with Crippen LogP contribution < -0.4 is 18.9 Å². The fraction of sp³-hybridized carbons (Fsp3) is 0.292. The van der Waals surface area contributed by atoms with Crippen LogP contribution in [-0.4, -0.2) is 44.3 Å². The Morgan fingerprint density at radius 2 is 1.90 bits per heavy atom. The van der Waals surface area contributed by atoms with E-state index in [9.17, 15) is 4.79 Å². The first kappa shape index (κ1) is 19.4. The molecule has 2 aliphatic rings. The first-order valence-corrected chi connectivity index (χ1v) is 10.2. The van der Waals surface area contributed by atoms with Crippen molar-refractivity contribution < 1.29 is 28.2 Å². The van der Waals surface area contributed by atoms with Gasteiger partial charge in [-0.25, -0.2) is 0 Å². The molecule has 31 heavy (non-hydrogen) atoms. The van der Waals surface area contributed by atoms with Crippen molar-refractivity contribution in [2.24, 2.45) is 0 Å². The topological polar surface area (TPSA) is 70.4 Å². The summed E-state index contributed by atoms with van der Waals surface area (Å²) in [6.45, 7) is 0.666. The van der Waals surface area contributed by atoms with Crippen molar-refractivity contribution in [2.45, 2.75) is 18.6 Å². The molecule has 0 bridgehead atoms. The largest absolute Gasteiger partial charge is 0.497 e. The summed E-state index contributed by atoms with van der Waals surface area (Å²) < 4.78 is 28.7. The number of ether oxygens (including phenoxy) is 4. The van der Waals surface area contributed by atoms with Crippen molar-refractivity contribution in [1.82, 2.24) is 4.90 Å². The van der Waals surface area contributed by atoms with Crippen LogP contribution in [0.2, 0.25) is 0 Å². The SMILES string of the molecule is COc1cc2c(c(OC)c1)C(c1ccco1)N(C(=O)C1COc3ccccc3O1)CC2. The quantitative estimate of drug-likeness (QED) is 0.641. The Bertz CT molecular complexity index is 1080. The van der Waals surface area contributed by atoms with Gasteiger partial charge in [0.05, 0.1) is 20.5 Å². The van der Waals surface area contributed by atoms with E-state index in [1.807, 2.05) is 42.5 Å². The number of carbonyl (C=O) groups excluding carboxylic acids is 1. The van der Waals surface area contributed by atoms with E-state index >= 15 is 0 Å². The zero-order valence-electron chi connectivity index (χ0n) is 17.4. The molecule has 7 heteroatoms. The zero-order chi connectivity index (χ0) is 21.4. The number of furan rings is 1. The molecular weight excluding hydrogens is 398 g/mol. The van der Waals surface area contributed by atoms with E-state index in [-0.39, 0.29) is 12.5 Å². The summed E-state index contributed by atoms with van der Waals surface area (Å²) in [7, 11) is 3.24. The summed E-state index contributed by atoms with van der Waals surface area (Å²) in [5.74, 6) is 3.09. The molecule has 1 aromatic heterocycles. The van der Waals surface area contributed by atoms with E-state index in [2.05, 4.69) is 0 Å². The highest BCUT2D eigenvalue weighted by molar-refractivity contribution is 5.83. The van der Waals surface area contributed by atoms with Gasteiger partial charge in [0, 0.05) is 18.2 Å². The van der Waals surface area contributed by atoms with Gasteiger partial charge in [0.25, 0.3) is 5.91 Å². The lowest BCUT2D eigenvalue weighted by molar-refractivity contribution is -0.143. The van der Waals surface area contributed by atoms with E-state index in [4.69, 9.17) is 23.4 Å². The van der Waals surface area contributed by atoms with Crippen LogP contribution in [-0.2, 0) is 11.2 Å². The number of fused-ring (bicyclic) bond motifs is 2. The fourth-order valence-electron chi connectivity index (χ4n) is 4.29. The molecule has 3 aromatic rings. The third-order valence-electron chi connectivity index (χ3n) is 5.74. The zero-order valence-corrected chi connectivity index (χ0v) is 17.4. The molecule has 0 saturated carbocycles. The van der Waals surface area contributed by atoms with Gasteiger partial charge in [0.2, 0.25) is 6.10 Å². The lowest BCUT2D eigenvalue weighted by Gasteiger charge is -2.39. The second kappa shape index (κ2) is 7.91. The molecule has 0 N–H and O–H groups in total. The minimum absolute atomic E-state index is 0.153. The average Bonchev–Trinajstić information content (AvgIpc) is 3.36. The van der Waals surface area contributed by atoms with Crippen LogP contribution in [0.5, 0.6) is 23.0 Å². The van der Waals surface area contributed by atoms with Crippen LogP contribution in [0.15, 0.2) is 59.2 Å². The van der Waals surface area contributed by atoms with Gasteiger partial charge in [-0.05, 0) is 42.3 Å². The highest BCUT2D eigenvalue weighted by Gasteiger charge is 2.41. The Morgan fingerprint density at radius 3 is 2.65 bits per heavy atom. The second-order valence-corrected chi connectivity index (χ2v) is 7.47. The molecule has 5 rings (SSSR count). The van der Waals surface area contributed by atoms with Crippen LogP contribution in [0.1, 0.15) is 22.9 Å². The Kier molecular flexibility index (Phi) is 4.94. The lowest BCUT2D eigenvalue weighted by atomic mass is 9.89. The summed E-state index contributed by atoms with van der Waals surface area (Å²) in [6.07, 6.45) is 1.53. The maximum Gasteiger partial charge on any atom is 0.268 e. The normalized spacial score (nSPS) is 19.5. The van der Waals surface area contributed by atoms with Crippen molar-refractivity contribution in [3.63, 3.8) is 0 Å². The summed E-state index contributed by atoms with van der Waals surface area (Å²) >= 11 is 0. The third-order valence-corrected chi connectivity index (χ3v) is 5.74. The number of nitrogens with zero attached hydrogens (tertiary/aromatic N) is 1. The number of methoxy groups -OCH3 is 2. The predicted molar refractivity (Wildman–Crippen MR) is 112 cm³/mol. The first-order chi connectivity index (χ1) is 15.2. The molecule has 0 spiro atoms. The predicted octanol–water partition coefficient (Wildman–Crippen LogP) is 3.61. The monoisotopic (exact) mass is 421 g/mol. The highest BCUT2D eigenvalue weighted by Crippen LogP contribution is 2.43. The fourth-order valence-corrected chi connectivity index (χ4v) is 4.29. The van der Waals surface area contributed by atoms with Crippen molar-refractivity contribution in [1.29, 1.82) is 0 Å². The summed E-state index contributed by atoms with van der Waals surface area (Å²) in [4.78, 5) is 15.4. The first-order valence-electron chi connectivity index (χ1n) is 10.2. The molecule has 2 unspecified atom stereocenters. The van der Waals surface area contributed by atoms with Gasteiger partial charge in [-0.3, -0.25) is 4.79 Å². The molecule has 7 nitrogen and oxygen atoms in total. The Labute approximate surface area is 180 Å². The molecule has 2 aromatic carbocycles. The minimum atomic E-state index is -0.738. The summed E-state index contributed by atoms with van der Waals surface area (Å²) in [5, 5.41) is 0. The van der Waals surface area contributed by atoms with Gasteiger partial charge in [0.15, 0.2) is 11.5 Å². The summed E-state index contributed by atoms with van der Waals surface area (Å²) in [5.41, 5.74) is 1.96. The number of amides is 1. The van der Waals surface area contributed by atoms with Crippen LogP contribution in [0.25, 0.3) is 0 Å². The highest BCUT2D eigenvalue weighted by atomic mass is 16.6. The van der Waals surface area contributed by atoms with Gasteiger partial charge in [-0.1, -0.05) is 12.1 Å². The van der Waals surface area contributed by atoms with E-state index in [0.717, 1.165) is 11.1 Å². The lowest BCUT2D eigenvalue weighted by Crippen LogP contribution is -2.50. The standard InChI is InChI=1S/C24H23NO6/c1-27-16-12-15-9-10-25(23(19-8-5-11-29-19)22(15)20(13-16)28-2)24(26)21-14-30-17-6-3-4-7-18(17)31-21/h3-8,11-13,21,23H,9-10,14H2,1-2H3. The number of hydrogen-bond donors (Lipinski definition) is 0. The Morgan fingerprint density at radius 1 is 1.06 bits per heavy atom. The Hall–Kier alpha value is -3.61. The molecule has 3 heterocycles. The molecule has 0 saturated heterocycles. The maximum atomic E-state index is 13.6. The molecule has 0 fully saturated rings. The van der Waals surface area contributed by atoms with Gasteiger partial charge in [0.1, 0.15) is 29.9 Å². The van der Waals surface area contributed by atoms with Crippen LogP contribution >= 0.6 is 0 Å². The molecular formula is C24H23NO6. The van der Waals surface area contributed by atoms with E-state index in [0.29, 0.717) is 41.7 Å². The smallest absolute Gasteiger partial charge is 0.268 e. The molecule has 2 atom stereocenters. The molecule has 2 aliphatic heterocycles. The Balaban J connectivity index is 1.53. The van der Waals surface area contributed by atoms with Gasteiger partial charge >= 0.3 is 0 Å². The van der Waals surface area contributed by atoms with Crippen LogP contribution in [0.3, 0.4) is 0 Å². The molecule has 160 valence electrons. The number of rotatable bonds is 4. The minimum Gasteiger partial charge on any atom is -0.497 e. The molecule has 0 aliphatic carbocycles. The van der Waals surface area contributed by atoms with Crippen LogP contribution in [0.4, 0.5) is 0 Å². The van der Waals surface area contributed by atoms with Crippen molar-refractivity contribution in [3.05, 3.63) is 71.7 Å². The van der Waals surface area contributed by atoms with E-state index < -0.39 is 12.1 Å². The van der Waals surface area contributed by atoms with Crippen LogP contribution in [0, 0.1) is 0 Å². The maximum absolute atomic E-state index is 13.6. The number of hydrogen-bond acceptors (Lipinski definition) is 6. The van der Waals surface area contributed by atoms with Gasteiger partial charge in [-0.2, -0.15) is 0 Å². The van der Waals surface area contributed by atoms with Gasteiger partial charge < -0.3 is 28.3 Å². The van der Waals surface area contributed by atoms with Crippen molar-refractivity contribution in [2.75, 3.05) is 27.4 Å². The third kappa shape index (κ3) is 3.36. The average molecular weight is 421 g/mol. The van der Waals surface area contributed by atoms with Crippen molar-refractivity contribution >= 4 is 5.91 Å². The van der Waals surface area contributed by atoms with E-state index in [1.54, 1.807) is 31.4 Å². The van der Waals surface area contributed by atoms with Crippen molar-refractivity contribution in [3.8, 4) is 23.0 Å². The number of benzene rings is 2. The van der Waals surface area contributed by atoms with E-state index in [1.165, 1.54) is 0 Å². The van der Waals surface area contributed by atoms with Gasteiger partial charge in [-0.15, -0.1) is 0 Å². The summed E-state index contributed by atoms with van der Waals surface area (Å²) in [6, 6.07) is 14.4. The number of para-hydroxylation sites is 2. The second-order valence-electron chi connectivity index (χ2n) is 7.47.